The fourth-order valence-corrected chi connectivity index (χ4v) is 3.45. The fourth-order valence-electron chi connectivity index (χ4n) is 3.45. The van der Waals surface area contributed by atoms with Crippen molar-refractivity contribution in [3.63, 3.8) is 0 Å². The van der Waals surface area contributed by atoms with E-state index in [1.165, 1.54) is 6.07 Å². The van der Waals surface area contributed by atoms with E-state index in [9.17, 15) is 9.50 Å². The molecule has 1 aromatic carbocycles. The van der Waals surface area contributed by atoms with Gasteiger partial charge in [-0.15, -0.1) is 0 Å². The second kappa shape index (κ2) is 6.85. The predicted molar refractivity (Wildman–Crippen MR) is 89.9 cm³/mol. The third kappa shape index (κ3) is 3.48. The Bertz CT molecular complexity index is 659. The van der Waals surface area contributed by atoms with Gasteiger partial charge in [-0.2, -0.15) is 0 Å². The van der Waals surface area contributed by atoms with Gasteiger partial charge in [-0.05, 0) is 64.0 Å². The minimum absolute atomic E-state index is 0.194. The zero-order chi connectivity index (χ0) is 16.4. The Balaban J connectivity index is 1.82. The number of halogens is 1. The lowest BCUT2D eigenvalue weighted by atomic mass is 9.90. The average molecular weight is 316 g/mol. The summed E-state index contributed by atoms with van der Waals surface area (Å²) in [5.74, 6) is 0.0835. The molecule has 2 heterocycles. The van der Waals surface area contributed by atoms with Gasteiger partial charge in [-0.3, -0.25) is 0 Å². The summed E-state index contributed by atoms with van der Waals surface area (Å²) >= 11 is 0. The Kier molecular flexibility index (Phi) is 4.83. The number of aliphatic hydroxyl groups excluding tert-OH is 1. The molecule has 1 fully saturated rings. The maximum absolute atomic E-state index is 14.0. The molecule has 23 heavy (non-hydrogen) atoms. The van der Waals surface area contributed by atoms with Crippen LogP contribution in [0.2, 0.25) is 0 Å². The van der Waals surface area contributed by atoms with Gasteiger partial charge in [0.25, 0.3) is 0 Å². The molecule has 1 saturated heterocycles. The summed E-state index contributed by atoms with van der Waals surface area (Å²) in [6.07, 6.45) is 1.52. The molecule has 1 aliphatic heterocycles. The SMILES string of the molecule is Cc1ccc(C(O)C2CCN(C)CC2)n1Cc1ccccc1F. The van der Waals surface area contributed by atoms with Crippen molar-refractivity contribution >= 4 is 0 Å². The van der Waals surface area contributed by atoms with E-state index in [1.54, 1.807) is 12.1 Å². The molecule has 0 radical (unpaired) electrons. The molecule has 0 amide bonds. The number of nitrogens with zero attached hydrogens (tertiary/aromatic N) is 2. The quantitative estimate of drug-likeness (QED) is 0.937. The number of hydrogen-bond donors (Lipinski definition) is 1. The normalized spacial score (nSPS) is 18.3. The number of aryl methyl sites for hydroxylation is 1. The maximum atomic E-state index is 14.0. The van der Waals surface area contributed by atoms with Crippen LogP contribution < -0.4 is 0 Å². The third-order valence-electron chi connectivity index (χ3n) is 5.03. The molecule has 0 saturated carbocycles. The van der Waals surface area contributed by atoms with Crippen molar-refractivity contribution in [1.29, 1.82) is 0 Å². The molecule has 1 aliphatic rings. The molecule has 124 valence electrons. The lowest BCUT2D eigenvalue weighted by Gasteiger charge is -2.32. The Hall–Kier alpha value is -1.65. The lowest BCUT2D eigenvalue weighted by molar-refractivity contribution is 0.0601. The van der Waals surface area contributed by atoms with E-state index < -0.39 is 6.10 Å². The van der Waals surface area contributed by atoms with Gasteiger partial charge in [0.05, 0.1) is 12.6 Å². The number of aliphatic hydroxyl groups is 1. The van der Waals surface area contributed by atoms with E-state index in [2.05, 4.69) is 11.9 Å². The Morgan fingerprint density at radius 3 is 2.57 bits per heavy atom. The van der Waals surface area contributed by atoms with Crippen LogP contribution in [0.3, 0.4) is 0 Å². The molecule has 4 heteroatoms. The first-order valence-corrected chi connectivity index (χ1v) is 8.32. The second-order valence-corrected chi connectivity index (χ2v) is 6.66. The van der Waals surface area contributed by atoms with Gasteiger partial charge < -0.3 is 14.6 Å². The van der Waals surface area contributed by atoms with Gasteiger partial charge in [0.2, 0.25) is 0 Å². The van der Waals surface area contributed by atoms with Crippen molar-refractivity contribution in [2.24, 2.45) is 5.92 Å². The monoisotopic (exact) mass is 316 g/mol. The molecule has 2 aromatic rings. The number of hydrogen-bond acceptors (Lipinski definition) is 2. The van der Waals surface area contributed by atoms with Gasteiger partial charge in [-0.25, -0.2) is 4.39 Å². The van der Waals surface area contributed by atoms with Gasteiger partial charge in [-0.1, -0.05) is 18.2 Å². The van der Waals surface area contributed by atoms with Crippen LogP contribution in [0.5, 0.6) is 0 Å². The highest BCUT2D eigenvalue weighted by atomic mass is 19.1. The van der Waals surface area contributed by atoms with Crippen LogP contribution in [0.25, 0.3) is 0 Å². The van der Waals surface area contributed by atoms with Crippen molar-refractivity contribution in [3.05, 3.63) is 59.2 Å². The first-order chi connectivity index (χ1) is 11.1. The maximum Gasteiger partial charge on any atom is 0.128 e. The first-order valence-electron chi connectivity index (χ1n) is 8.32. The standard InChI is InChI=1S/C19H25FN2O/c1-14-7-8-18(19(23)15-9-11-21(2)12-10-15)22(14)13-16-5-3-4-6-17(16)20/h3-8,15,19,23H,9-13H2,1-2H3. The summed E-state index contributed by atoms with van der Waals surface area (Å²) < 4.78 is 16.0. The molecule has 1 atom stereocenters. The highest BCUT2D eigenvalue weighted by molar-refractivity contribution is 5.23. The average Bonchev–Trinajstić information content (AvgIpc) is 2.91. The number of aromatic nitrogens is 1. The minimum Gasteiger partial charge on any atom is -0.387 e. The van der Waals surface area contributed by atoms with Gasteiger partial charge in [0, 0.05) is 17.0 Å². The van der Waals surface area contributed by atoms with E-state index >= 15 is 0 Å². The van der Waals surface area contributed by atoms with E-state index in [4.69, 9.17) is 0 Å². The summed E-state index contributed by atoms with van der Waals surface area (Å²) in [4.78, 5) is 2.30. The Morgan fingerprint density at radius 1 is 1.17 bits per heavy atom. The van der Waals surface area contributed by atoms with Crippen LogP contribution in [0.1, 0.15) is 35.9 Å². The second-order valence-electron chi connectivity index (χ2n) is 6.66. The molecule has 3 rings (SSSR count). The van der Waals surface area contributed by atoms with Crippen LogP contribution in [0, 0.1) is 18.7 Å². The van der Waals surface area contributed by atoms with E-state index in [0.717, 1.165) is 37.3 Å². The minimum atomic E-state index is -0.482. The van der Waals surface area contributed by atoms with Crippen molar-refractivity contribution in [1.82, 2.24) is 9.47 Å². The largest absolute Gasteiger partial charge is 0.387 e. The topological polar surface area (TPSA) is 28.4 Å². The molecule has 0 aliphatic carbocycles. The molecular weight excluding hydrogens is 291 g/mol. The zero-order valence-electron chi connectivity index (χ0n) is 13.9. The highest BCUT2D eigenvalue weighted by Gasteiger charge is 2.27. The van der Waals surface area contributed by atoms with E-state index in [0.29, 0.717) is 12.1 Å². The van der Waals surface area contributed by atoms with Crippen LogP contribution >= 0.6 is 0 Å². The lowest BCUT2D eigenvalue weighted by Crippen LogP contribution is -2.33. The van der Waals surface area contributed by atoms with Crippen molar-refractivity contribution < 1.29 is 9.50 Å². The molecule has 0 bridgehead atoms. The first kappa shape index (κ1) is 16.2. The number of benzene rings is 1. The van der Waals surface area contributed by atoms with E-state index in [-0.39, 0.29) is 11.7 Å². The summed E-state index contributed by atoms with van der Waals surface area (Å²) in [7, 11) is 2.12. The van der Waals surface area contributed by atoms with Crippen molar-refractivity contribution in [3.8, 4) is 0 Å². The molecule has 3 nitrogen and oxygen atoms in total. The van der Waals surface area contributed by atoms with E-state index in [1.807, 2.05) is 29.7 Å². The van der Waals surface area contributed by atoms with Crippen LogP contribution in [0.4, 0.5) is 4.39 Å². The Morgan fingerprint density at radius 2 is 1.87 bits per heavy atom. The van der Waals surface area contributed by atoms with Crippen molar-refractivity contribution in [2.75, 3.05) is 20.1 Å². The van der Waals surface area contributed by atoms with Crippen molar-refractivity contribution in [2.45, 2.75) is 32.4 Å². The third-order valence-corrected chi connectivity index (χ3v) is 5.03. The van der Waals surface area contributed by atoms with Gasteiger partial charge in [0.1, 0.15) is 5.82 Å². The smallest absolute Gasteiger partial charge is 0.128 e. The number of rotatable bonds is 4. The summed E-state index contributed by atoms with van der Waals surface area (Å²) in [5.41, 5.74) is 2.61. The van der Waals surface area contributed by atoms with Crippen LogP contribution in [0.15, 0.2) is 36.4 Å². The van der Waals surface area contributed by atoms with Crippen LogP contribution in [-0.2, 0) is 6.54 Å². The zero-order valence-corrected chi connectivity index (χ0v) is 13.9. The molecule has 1 N–H and O–H groups in total. The molecule has 0 spiro atoms. The van der Waals surface area contributed by atoms with Gasteiger partial charge in [0.15, 0.2) is 0 Å². The molecule has 1 aromatic heterocycles. The summed E-state index contributed by atoms with van der Waals surface area (Å²) in [5, 5.41) is 10.8. The van der Waals surface area contributed by atoms with Gasteiger partial charge >= 0.3 is 0 Å². The molecule has 1 unspecified atom stereocenters. The highest BCUT2D eigenvalue weighted by Crippen LogP contribution is 2.32. The Labute approximate surface area is 137 Å². The predicted octanol–water partition coefficient (Wildman–Crippen LogP) is 3.36. The number of likely N-dealkylation sites (tertiary alicyclic amines) is 1. The summed E-state index contributed by atoms with van der Waals surface area (Å²) in [6.45, 7) is 4.51. The van der Waals surface area contributed by atoms with Crippen LogP contribution in [-0.4, -0.2) is 34.7 Å². The fraction of sp³-hybridized carbons (Fsp3) is 0.474. The molecular formula is C19H25FN2O. The number of piperidine rings is 1. The summed E-state index contributed by atoms with van der Waals surface area (Å²) in [6, 6.07) is 10.8.